The highest BCUT2D eigenvalue weighted by atomic mass is 32.2. The van der Waals surface area contributed by atoms with Crippen LogP contribution in [0.5, 0.6) is 0 Å². The zero-order valence-electron chi connectivity index (χ0n) is 25.4. The highest BCUT2D eigenvalue weighted by Crippen LogP contribution is 2.38. The van der Waals surface area contributed by atoms with E-state index in [1.54, 1.807) is 22.8 Å². The zero-order valence-corrected chi connectivity index (χ0v) is 26.3. The van der Waals surface area contributed by atoms with Crippen LogP contribution in [0.2, 0.25) is 0 Å². The first-order valence-electron chi connectivity index (χ1n) is 14.6. The predicted octanol–water partition coefficient (Wildman–Crippen LogP) is 3.16. The number of nitrogen functional groups attached to an aromatic ring is 1. The summed E-state index contributed by atoms with van der Waals surface area (Å²) in [5.74, 6) is -1.92. The average Bonchev–Trinajstić information content (AvgIpc) is 3.87. The molecule has 1 amide bonds. The molecule has 2 aliphatic rings. The molecule has 4 heterocycles. The highest BCUT2D eigenvalue weighted by Gasteiger charge is 2.40. The molecule has 1 aromatic carbocycles. The van der Waals surface area contributed by atoms with E-state index in [2.05, 4.69) is 21.5 Å². The van der Waals surface area contributed by atoms with E-state index in [4.69, 9.17) is 5.73 Å². The van der Waals surface area contributed by atoms with Crippen LogP contribution in [-0.2, 0) is 14.8 Å². The topological polar surface area (TPSA) is 148 Å². The fourth-order valence-electron chi connectivity index (χ4n) is 5.85. The van der Waals surface area contributed by atoms with Crippen molar-refractivity contribution in [2.75, 3.05) is 41.6 Å². The molecule has 0 spiro atoms. The summed E-state index contributed by atoms with van der Waals surface area (Å²) >= 11 is 0. The number of halogens is 2. The van der Waals surface area contributed by atoms with Crippen LogP contribution in [0.4, 0.5) is 26.1 Å². The summed E-state index contributed by atoms with van der Waals surface area (Å²) in [5, 5.41) is -0.467. The number of aryl methyl sites for hydroxylation is 1. The van der Waals surface area contributed by atoms with Crippen LogP contribution in [-0.4, -0.2) is 76.7 Å². The number of carbonyl (C=O) groups excluding carboxylic acids is 1. The number of carbonyl (C=O) groups is 1. The summed E-state index contributed by atoms with van der Waals surface area (Å²) in [6.45, 7) is 7.88. The van der Waals surface area contributed by atoms with Crippen LogP contribution in [0, 0.1) is 18.6 Å². The third-order valence-electron chi connectivity index (χ3n) is 8.43. The summed E-state index contributed by atoms with van der Waals surface area (Å²) < 4.78 is 59.9. The van der Waals surface area contributed by atoms with E-state index in [0.717, 1.165) is 21.0 Å². The van der Waals surface area contributed by atoms with Crippen LogP contribution in [0.1, 0.15) is 25.3 Å². The van der Waals surface area contributed by atoms with Gasteiger partial charge in [0.1, 0.15) is 17.3 Å². The SMILES string of the molecule is C=CC(=O)N1CCN(c2nc(=O)n(-c3c(C)ccnc3N(C)S(=O)(=O)C3CC3)c3nc(-c4c(N)cccc4F)c(F)cc23)[C@@H](C)C1. The Hall–Kier alpha value is -4.92. The smallest absolute Gasteiger partial charge is 0.355 e. The number of sulfonamides is 1. The van der Waals surface area contributed by atoms with Gasteiger partial charge in [-0.2, -0.15) is 4.98 Å². The number of hydrogen-bond acceptors (Lipinski definition) is 9. The van der Waals surface area contributed by atoms with E-state index in [1.807, 2.05) is 6.92 Å². The maximum absolute atomic E-state index is 16.0. The van der Waals surface area contributed by atoms with Crippen LogP contribution in [0.25, 0.3) is 28.0 Å². The number of nitrogens with zero attached hydrogens (tertiary/aromatic N) is 7. The van der Waals surface area contributed by atoms with E-state index in [9.17, 15) is 18.0 Å². The molecular formula is C31H32F2N8O4S. The average molecular weight is 651 g/mol. The zero-order chi connectivity index (χ0) is 33.1. The lowest BCUT2D eigenvalue weighted by atomic mass is 10.1. The van der Waals surface area contributed by atoms with Gasteiger partial charge in [0.25, 0.3) is 0 Å². The van der Waals surface area contributed by atoms with E-state index >= 15 is 8.78 Å². The van der Waals surface area contributed by atoms with Crippen molar-refractivity contribution in [2.24, 2.45) is 0 Å². The van der Waals surface area contributed by atoms with Gasteiger partial charge in [-0.25, -0.2) is 36.5 Å². The number of anilines is 3. The molecule has 240 valence electrons. The van der Waals surface area contributed by atoms with Gasteiger partial charge in [-0.15, -0.1) is 0 Å². The van der Waals surface area contributed by atoms with Crippen molar-refractivity contribution < 1.29 is 22.0 Å². The van der Waals surface area contributed by atoms with Gasteiger partial charge in [-0.05, 0) is 62.6 Å². The molecule has 0 unspecified atom stereocenters. The summed E-state index contributed by atoms with van der Waals surface area (Å²) in [6, 6.07) is 6.27. The minimum absolute atomic E-state index is 0.0483. The molecule has 4 aromatic rings. The Kier molecular flexibility index (Phi) is 7.74. The van der Waals surface area contributed by atoms with Crippen LogP contribution < -0.4 is 20.6 Å². The summed E-state index contributed by atoms with van der Waals surface area (Å²) in [6.07, 6.45) is 3.66. The molecular weight excluding hydrogens is 618 g/mol. The Bertz CT molecular complexity index is 2060. The number of piperazine rings is 1. The number of benzene rings is 1. The minimum atomic E-state index is -3.81. The van der Waals surface area contributed by atoms with Gasteiger partial charge in [0, 0.05) is 44.6 Å². The molecule has 46 heavy (non-hydrogen) atoms. The van der Waals surface area contributed by atoms with Crippen molar-refractivity contribution in [1.29, 1.82) is 0 Å². The first-order valence-corrected chi connectivity index (χ1v) is 16.1. The fraction of sp³-hybridized carbons (Fsp3) is 0.323. The molecule has 1 atom stereocenters. The van der Waals surface area contributed by atoms with Crippen molar-refractivity contribution >= 4 is 44.3 Å². The second-order valence-electron chi connectivity index (χ2n) is 11.5. The van der Waals surface area contributed by atoms with Gasteiger partial charge in [0.15, 0.2) is 17.3 Å². The van der Waals surface area contributed by atoms with Gasteiger partial charge >= 0.3 is 5.69 Å². The molecule has 2 fully saturated rings. The van der Waals surface area contributed by atoms with Crippen LogP contribution in [0.15, 0.2) is 54.0 Å². The Morgan fingerprint density at radius 3 is 2.54 bits per heavy atom. The molecule has 0 radical (unpaired) electrons. The predicted molar refractivity (Wildman–Crippen MR) is 171 cm³/mol. The molecule has 1 aliphatic heterocycles. The van der Waals surface area contributed by atoms with E-state index < -0.39 is 38.3 Å². The molecule has 6 rings (SSSR count). The molecule has 0 bridgehead atoms. The summed E-state index contributed by atoms with van der Waals surface area (Å²) in [7, 11) is -2.45. The first-order chi connectivity index (χ1) is 21.8. The number of nitrogens with two attached hydrogens (primary N) is 1. The lowest BCUT2D eigenvalue weighted by molar-refractivity contribution is -0.126. The quantitative estimate of drug-likeness (QED) is 0.235. The van der Waals surface area contributed by atoms with Crippen LogP contribution >= 0.6 is 0 Å². The summed E-state index contributed by atoms with van der Waals surface area (Å²) in [4.78, 5) is 43.1. The number of fused-ring (bicyclic) bond motifs is 1. The van der Waals surface area contributed by atoms with Crippen molar-refractivity contribution in [3.05, 3.63) is 76.9 Å². The first kappa shape index (κ1) is 31.1. The van der Waals surface area contributed by atoms with Crippen molar-refractivity contribution in [3.8, 4) is 16.9 Å². The number of aromatic nitrogens is 4. The van der Waals surface area contributed by atoms with Crippen molar-refractivity contribution in [3.63, 3.8) is 0 Å². The maximum atomic E-state index is 16.0. The number of pyridine rings is 2. The fourth-order valence-corrected chi connectivity index (χ4v) is 7.40. The van der Waals surface area contributed by atoms with Gasteiger partial charge < -0.3 is 15.5 Å². The second kappa shape index (κ2) is 11.5. The number of rotatable bonds is 7. The second-order valence-corrected chi connectivity index (χ2v) is 13.7. The monoisotopic (exact) mass is 650 g/mol. The minimum Gasteiger partial charge on any atom is -0.398 e. The molecule has 1 saturated heterocycles. The standard InChI is InChI=1S/C31H32F2N8O4S/c1-5-24(42)39-13-14-40(18(3)16-39)28-20-15-22(33)26(25-21(32)7-6-8-23(25)34)36-29(20)41(31(43)37-28)27-17(2)11-12-35-30(27)38(4)46(44,45)19-9-10-19/h5-8,11-12,15,18-19H,1,9-10,13-14,16,34H2,2-4H3/t18-/m0/s1. The van der Waals surface area contributed by atoms with Gasteiger partial charge in [-0.3, -0.25) is 9.10 Å². The third kappa shape index (κ3) is 5.13. The normalized spacial score (nSPS) is 16.9. The Labute approximate surface area is 263 Å². The van der Waals surface area contributed by atoms with Gasteiger partial charge in [0.2, 0.25) is 15.9 Å². The molecule has 1 aliphatic carbocycles. The van der Waals surface area contributed by atoms with Crippen LogP contribution in [0.3, 0.4) is 0 Å². The van der Waals surface area contributed by atoms with Gasteiger partial charge in [-0.1, -0.05) is 12.6 Å². The largest absolute Gasteiger partial charge is 0.398 e. The van der Waals surface area contributed by atoms with Crippen molar-refractivity contribution in [1.82, 2.24) is 24.4 Å². The highest BCUT2D eigenvalue weighted by molar-refractivity contribution is 7.93. The Morgan fingerprint density at radius 1 is 1.15 bits per heavy atom. The number of amides is 1. The summed E-state index contributed by atoms with van der Waals surface area (Å²) in [5.41, 5.74) is 4.85. The lowest BCUT2D eigenvalue weighted by Crippen LogP contribution is -2.54. The molecule has 12 nitrogen and oxygen atoms in total. The third-order valence-corrected chi connectivity index (χ3v) is 10.7. The molecule has 3 aromatic heterocycles. The van der Waals surface area contributed by atoms with E-state index in [0.29, 0.717) is 18.4 Å². The molecule has 1 saturated carbocycles. The Balaban J connectivity index is 1.65. The number of hydrogen-bond donors (Lipinski definition) is 1. The van der Waals surface area contributed by atoms with Gasteiger partial charge in [0.05, 0.1) is 21.9 Å². The lowest BCUT2D eigenvalue weighted by Gasteiger charge is -2.40. The van der Waals surface area contributed by atoms with E-state index in [-0.39, 0.29) is 71.2 Å². The Morgan fingerprint density at radius 2 is 1.89 bits per heavy atom. The maximum Gasteiger partial charge on any atom is 0.355 e. The molecule has 15 heteroatoms. The van der Waals surface area contributed by atoms with Crippen molar-refractivity contribution in [2.45, 2.75) is 38.0 Å². The van der Waals surface area contributed by atoms with E-state index in [1.165, 1.54) is 31.5 Å². The molecule has 2 N–H and O–H groups in total.